The lowest BCUT2D eigenvalue weighted by Crippen LogP contribution is -1.89. The van der Waals surface area contributed by atoms with E-state index in [0.717, 1.165) is 5.56 Å². The van der Waals surface area contributed by atoms with Crippen LogP contribution >= 0.6 is 0 Å². The van der Waals surface area contributed by atoms with E-state index in [2.05, 4.69) is 6.07 Å². The molecule has 0 fully saturated rings. The number of Topliss-reactive ketones (excluding diaryl/α,β-unsaturated/α-hetero) is 1. The third-order valence-corrected chi connectivity index (χ3v) is 2.11. The molecule has 2 nitrogen and oxygen atoms in total. The Bertz CT molecular complexity index is 497. The highest BCUT2D eigenvalue weighted by molar-refractivity contribution is 5.93. The third kappa shape index (κ3) is 3.55. The SMILES string of the molecule is CC(=O)c1ccccc(C#N)ccc(C)c1. The van der Waals surface area contributed by atoms with Gasteiger partial charge in [-0.25, -0.2) is 0 Å². The van der Waals surface area contributed by atoms with E-state index in [1.807, 2.05) is 19.1 Å². The molecule has 0 unspecified atom stereocenters. The average molecular weight is 211 g/mol. The molecule has 16 heavy (non-hydrogen) atoms. The molecule has 0 atom stereocenters. The third-order valence-electron chi connectivity index (χ3n) is 2.11. The van der Waals surface area contributed by atoms with Crippen molar-refractivity contribution in [1.82, 2.24) is 0 Å². The zero-order valence-corrected chi connectivity index (χ0v) is 9.40. The molecule has 1 aromatic rings. The second-order valence-corrected chi connectivity index (χ2v) is 3.52. The van der Waals surface area contributed by atoms with Crippen molar-refractivity contribution in [2.45, 2.75) is 13.8 Å². The molecule has 80 valence electrons. The Morgan fingerprint density at radius 2 is 1.88 bits per heavy atom. The van der Waals surface area contributed by atoms with Gasteiger partial charge in [0.15, 0.2) is 5.78 Å². The average Bonchev–Trinajstić information content (AvgIpc) is 2.26. The summed E-state index contributed by atoms with van der Waals surface area (Å²) in [5.74, 6) is 0.0301. The van der Waals surface area contributed by atoms with Crippen molar-refractivity contribution < 1.29 is 4.79 Å². The summed E-state index contributed by atoms with van der Waals surface area (Å²) < 4.78 is 0. The van der Waals surface area contributed by atoms with Crippen molar-refractivity contribution in [2.24, 2.45) is 0 Å². The summed E-state index contributed by atoms with van der Waals surface area (Å²) in [5.41, 5.74) is 2.19. The summed E-state index contributed by atoms with van der Waals surface area (Å²) in [7, 11) is 0. The summed E-state index contributed by atoms with van der Waals surface area (Å²) in [6.07, 6.45) is 0. The van der Waals surface area contributed by atoms with Gasteiger partial charge in [-0.2, -0.15) is 5.26 Å². The van der Waals surface area contributed by atoms with Crippen LogP contribution in [0.25, 0.3) is 0 Å². The smallest absolute Gasteiger partial charge is 0.159 e. The molecule has 0 aliphatic heterocycles. The molecule has 1 aromatic carbocycles. The van der Waals surface area contributed by atoms with Crippen LogP contribution in [0.5, 0.6) is 0 Å². The Morgan fingerprint density at radius 3 is 2.50 bits per heavy atom. The first kappa shape index (κ1) is 11.9. The molecule has 0 saturated heterocycles. The highest BCUT2D eigenvalue weighted by Crippen LogP contribution is 2.02. The number of ketones is 1. The van der Waals surface area contributed by atoms with Gasteiger partial charge in [0.1, 0.15) is 0 Å². The Hall–Kier alpha value is -2.14. The highest BCUT2D eigenvalue weighted by Gasteiger charge is 1.94. The van der Waals surface area contributed by atoms with E-state index in [4.69, 9.17) is 5.26 Å². The number of carbonyl (C=O) groups excluding carboxylic acids is 1. The number of nitrogens with zero attached hydrogens (tertiary/aromatic N) is 1. The summed E-state index contributed by atoms with van der Waals surface area (Å²) in [5, 5.41) is 8.80. The van der Waals surface area contributed by atoms with Crippen molar-refractivity contribution in [3.05, 3.63) is 59.2 Å². The van der Waals surface area contributed by atoms with Crippen LogP contribution in [0.15, 0.2) is 42.5 Å². The molecule has 0 aliphatic rings. The van der Waals surface area contributed by atoms with Crippen LogP contribution in [0.1, 0.15) is 28.4 Å². The largest absolute Gasteiger partial charge is 0.295 e. The fourth-order valence-electron chi connectivity index (χ4n) is 1.23. The Labute approximate surface area is 95.5 Å². The van der Waals surface area contributed by atoms with E-state index in [1.165, 1.54) is 6.92 Å². The second kappa shape index (κ2) is 5.67. The highest BCUT2D eigenvalue weighted by atomic mass is 16.1. The van der Waals surface area contributed by atoms with Crippen LogP contribution in [0, 0.1) is 18.3 Å². The lowest BCUT2D eigenvalue weighted by molar-refractivity contribution is 0.101. The maximum atomic E-state index is 11.3. The van der Waals surface area contributed by atoms with Crippen molar-refractivity contribution in [1.29, 1.82) is 5.26 Å². The molecule has 2 heteroatoms. The van der Waals surface area contributed by atoms with Gasteiger partial charge in [0.25, 0.3) is 0 Å². The Balaban J connectivity index is 3.43. The fourth-order valence-corrected chi connectivity index (χ4v) is 1.23. The molecule has 0 aromatic heterocycles. The first-order chi connectivity index (χ1) is 7.63. The normalized spacial score (nSPS) is 8.81. The summed E-state index contributed by atoms with van der Waals surface area (Å²) in [6.45, 7) is 3.43. The van der Waals surface area contributed by atoms with Crippen LogP contribution in [0.3, 0.4) is 0 Å². The van der Waals surface area contributed by atoms with Crippen LogP contribution in [-0.2, 0) is 0 Å². The van der Waals surface area contributed by atoms with Crippen molar-refractivity contribution in [2.75, 3.05) is 0 Å². The van der Waals surface area contributed by atoms with Gasteiger partial charge in [-0.15, -0.1) is 0 Å². The van der Waals surface area contributed by atoms with E-state index in [9.17, 15) is 4.79 Å². The number of nitriles is 1. The summed E-state index contributed by atoms with van der Waals surface area (Å²) in [6, 6.07) is 14.4. The van der Waals surface area contributed by atoms with Gasteiger partial charge >= 0.3 is 0 Å². The van der Waals surface area contributed by atoms with Gasteiger partial charge in [-0.05, 0) is 32.0 Å². The minimum atomic E-state index is 0.0301. The number of carbonyl (C=O) groups is 1. The van der Waals surface area contributed by atoms with Crippen molar-refractivity contribution >= 4 is 5.78 Å². The maximum Gasteiger partial charge on any atom is 0.159 e. The lowest BCUT2D eigenvalue weighted by atomic mass is 10.1. The number of hydrogen-bond acceptors (Lipinski definition) is 2. The Kier molecular flexibility index (Phi) is 4.23. The van der Waals surface area contributed by atoms with E-state index >= 15 is 0 Å². The molecule has 0 bridgehead atoms. The predicted molar refractivity (Wildman–Crippen MR) is 63.5 cm³/mol. The zero-order chi connectivity index (χ0) is 12.0. The van der Waals surface area contributed by atoms with Crippen molar-refractivity contribution in [3.63, 3.8) is 0 Å². The van der Waals surface area contributed by atoms with Gasteiger partial charge in [0, 0.05) is 5.56 Å². The summed E-state index contributed by atoms with van der Waals surface area (Å²) >= 11 is 0. The van der Waals surface area contributed by atoms with E-state index in [-0.39, 0.29) is 5.78 Å². The standard InChI is InChI=1S/C14H13NO/c1-11-7-8-13(10-15)5-3-4-6-14(9-11)12(2)16/h3-9H,1-2H3. The van der Waals surface area contributed by atoms with E-state index in [0.29, 0.717) is 11.1 Å². The molecule has 0 heterocycles. The molecular weight excluding hydrogens is 198 g/mol. The molecule has 0 amide bonds. The predicted octanol–water partition coefficient (Wildman–Crippen LogP) is 3.19. The van der Waals surface area contributed by atoms with Crippen LogP contribution < -0.4 is 0 Å². The molecule has 1 rings (SSSR count). The van der Waals surface area contributed by atoms with Gasteiger partial charge in [-0.1, -0.05) is 29.8 Å². The first-order valence-electron chi connectivity index (χ1n) is 4.99. The second-order valence-electron chi connectivity index (χ2n) is 3.52. The molecule has 0 N–H and O–H groups in total. The van der Waals surface area contributed by atoms with Crippen LogP contribution in [-0.4, -0.2) is 5.78 Å². The van der Waals surface area contributed by atoms with Gasteiger partial charge < -0.3 is 0 Å². The lowest BCUT2D eigenvalue weighted by Gasteiger charge is -1.92. The fraction of sp³-hybridized carbons (Fsp3) is 0.143. The van der Waals surface area contributed by atoms with E-state index < -0.39 is 0 Å². The monoisotopic (exact) mass is 211 g/mol. The van der Waals surface area contributed by atoms with Crippen LogP contribution in [0.2, 0.25) is 0 Å². The molecule has 0 aliphatic carbocycles. The zero-order valence-electron chi connectivity index (χ0n) is 9.40. The minimum Gasteiger partial charge on any atom is -0.295 e. The van der Waals surface area contributed by atoms with E-state index in [1.54, 1.807) is 30.3 Å². The first-order valence-corrected chi connectivity index (χ1v) is 4.99. The molecule has 0 spiro atoms. The van der Waals surface area contributed by atoms with Crippen molar-refractivity contribution in [3.8, 4) is 6.07 Å². The van der Waals surface area contributed by atoms with Gasteiger partial charge in [0.2, 0.25) is 0 Å². The topological polar surface area (TPSA) is 40.9 Å². The Morgan fingerprint density at radius 1 is 1.19 bits per heavy atom. The minimum absolute atomic E-state index is 0.0301. The number of hydrogen-bond donors (Lipinski definition) is 0. The van der Waals surface area contributed by atoms with Crippen LogP contribution in [0.4, 0.5) is 0 Å². The summed E-state index contributed by atoms with van der Waals surface area (Å²) in [4.78, 5) is 11.3. The number of aryl methyl sites for hydroxylation is 1. The van der Waals surface area contributed by atoms with Gasteiger partial charge in [0.05, 0.1) is 11.6 Å². The maximum absolute atomic E-state index is 11.3. The molecule has 0 saturated carbocycles. The molecule has 0 radical (unpaired) electrons. The van der Waals surface area contributed by atoms with Gasteiger partial charge in [-0.3, -0.25) is 4.79 Å². The molecular formula is C14H13NO. The number of rotatable bonds is 1. The quantitative estimate of drug-likeness (QED) is 0.669.